The van der Waals surface area contributed by atoms with Gasteiger partial charge in [-0.15, -0.1) is 0 Å². The number of hydrogen-bond donors (Lipinski definition) is 2. The van der Waals surface area contributed by atoms with Crippen molar-refractivity contribution >= 4 is 10.9 Å². The van der Waals surface area contributed by atoms with E-state index in [4.69, 9.17) is 0 Å². The first-order chi connectivity index (χ1) is 8.26. The monoisotopic (exact) mass is 230 g/mol. The highest BCUT2D eigenvalue weighted by Crippen LogP contribution is 2.25. The Morgan fingerprint density at radius 2 is 2.00 bits per heavy atom. The summed E-state index contributed by atoms with van der Waals surface area (Å²) in [7, 11) is 0. The highest BCUT2D eigenvalue weighted by molar-refractivity contribution is 5.85. The van der Waals surface area contributed by atoms with Gasteiger partial charge in [0.1, 0.15) is 0 Å². The van der Waals surface area contributed by atoms with Crippen molar-refractivity contribution in [3.8, 4) is 0 Å². The van der Waals surface area contributed by atoms with Crippen LogP contribution >= 0.6 is 0 Å². The van der Waals surface area contributed by atoms with Crippen LogP contribution in [0.1, 0.15) is 37.1 Å². The van der Waals surface area contributed by atoms with Gasteiger partial charge in [0.2, 0.25) is 0 Å². The zero-order valence-corrected chi connectivity index (χ0v) is 11.1. The quantitative estimate of drug-likeness (QED) is 0.712. The topological polar surface area (TPSA) is 27.8 Å². The smallest absolute Gasteiger partial charge is 0.0459 e. The first-order valence-electron chi connectivity index (χ1n) is 6.57. The van der Waals surface area contributed by atoms with Crippen LogP contribution in [0.5, 0.6) is 0 Å². The van der Waals surface area contributed by atoms with E-state index >= 15 is 0 Å². The summed E-state index contributed by atoms with van der Waals surface area (Å²) in [6.07, 6.45) is 2.40. The summed E-state index contributed by atoms with van der Waals surface area (Å²) in [6.45, 7) is 8.50. The Morgan fingerprint density at radius 3 is 2.76 bits per heavy atom. The zero-order chi connectivity index (χ0) is 12.3. The molecule has 0 saturated heterocycles. The fourth-order valence-corrected chi connectivity index (χ4v) is 2.28. The maximum atomic E-state index is 3.48. The van der Waals surface area contributed by atoms with Gasteiger partial charge in [-0.2, -0.15) is 0 Å². The Hall–Kier alpha value is -1.28. The van der Waals surface area contributed by atoms with Crippen molar-refractivity contribution in [2.75, 3.05) is 6.54 Å². The normalized spacial score (nSPS) is 14.1. The molecular formula is C15H22N2. The molecule has 1 aromatic carbocycles. The van der Waals surface area contributed by atoms with Crippen LogP contribution in [-0.4, -0.2) is 11.5 Å². The van der Waals surface area contributed by atoms with Crippen LogP contribution < -0.4 is 5.32 Å². The van der Waals surface area contributed by atoms with E-state index < -0.39 is 0 Å². The van der Waals surface area contributed by atoms with Gasteiger partial charge in [0, 0.05) is 23.1 Å². The Kier molecular flexibility index (Phi) is 3.85. The van der Waals surface area contributed by atoms with E-state index in [0.717, 1.165) is 19.5 Å². The van der Waals surface area contributed by atoms with Crippen molar-refractivity contribution in [1.29, 1.82) is 0 Å². The van der Waals surface area contributed by atoms with Crippen LogP contribution in [0.25, 0.3) is 10.9 Å². The minimum Gasteiger partial charge on any atom is -0.357 e. The van der Waals surface area contributed by atoms with Crippen molar-refractivity contribution in [2.24, 2.45) is 0 Å². The second kappa shape index (κ2) is 5.37. The third-order valence-electron chi connectivity index (χ3n) is 3.00. The molecule has 0 atom stereocenters. The Labute approximate surface area is 103 Å². The van der Waals surface area contributed by atoms with Crippen LogP contribution in [-0.2, 0) is 13.0 Å². The summed E-state index contributed by atoms with van der Waals surface area (Å²) < 4.78 is 0. The van der Waals surface area contributed by atoms with E-state index in [1.807, 2.05) is 0 Å². The molecular weight excluding hydrogens is 208 g/mol. The second-order valence-electron chi connectivity index (χ2n) is 4.77. The molecule has 3 rings (SSSR count). The fraction of sp³-hybridized carbons (Fsp3) is 0.467. The minimum absolute atomic E-state index is 0.989. The molecule has 92 valence electrons. The number of H-pyrrole nitrogens is 1. The Balaban J connectivity index is 0.000000329. The molecule has 1 aliphatic rings. The van der Waals surface area contributed by atoms with E-state index in [2.05, 4.69) is 49.3 Å². The molecule has 2 heterocycles. The van der Waals surface area contributed by atoms with E-state index in [0.29, 0.717) is 0 Å². The SMILES string of the molecule is CCC.Cc1ccc2[nH]c3c(c2c1)CCNC3. The average Bonchev–Trinajstić information content (AvgIpc) is 2.68. The third-order valence-corrected chi connectivity index (χ3v) is 3.00. The van der Waals surface area contributed by atoms with Gasteiger partial charge in [0.15, 0.2) is 0 Å². The van der Waals surface area contributed by atoms with Crippen molar-refractivity contribution in [3.63, 3.8) is 0 Å². The van der Waals surface area contributed by atoms with E-state index in [1.165, 1.54) is 34.1 Å². The summed E-state index contributed by atoms with van der Waals surface area (Å²) in [5.74, 6) is 0. The van der Waals surface area contributed by atoms with Crippen molar-refractivity contribution < 1.29 is 0 Å². The van der Waals surface area contributed by atoms with Gasteiger partial charge < -0.3 is 10.3 Å². The average molecular weight is 230 g/mol. The number of aryl methyl sites for hydroxylation is 1. The van der Waals surface area contributed by atoms with Crippen LogP contribution in [0.15, 0.2) is 18.2 Å². The van der Waals surface area contributed by atoms with Gasteiger partial charge in [-0.1, -0.05) is 31.9 Å². The molecule has 0 fully saturated rings. The molecule has 2 N–H and O–H groups in total. The predicted octanol–water partition coefficient (Wildman–Crippen LogP) is 3.54. The molecule has 2 aromatic rings. The maximum Gasteiger partial charge on any atom is 0.0459 e. The fourth-order valence-electron chi connectivity index (χ4n) is 2.28. The molecule has 0 aliphatic carbocycles. The van der Waals surface area contributed by atoms with Gasteiger partial charge in [-0.25, -0.2) is 0 Å². The largest absolute Gasteiger partial charge is 0.357 e. The van der Waals surface area contributed by atoms with Crippen LogP contribution in [0, 0.1) is 6.92 Å². The van der Waals surface area contributed by atoms with Crippen molar-refractivity contribution in [1.82, 2.24) is 10.3 Å². The Bertz CT molecular complexity index is 497. The first kappa shape index (κ1) is 12.2. The molecule has 0 amide bonds. The van der Waals surface area contributed by atoms with Crippen LogP contribution in [0.3, 0.4) is 0 Å². The van der Waals surface area contributed by atoms with Gasteiger partial charge in [0.25, 0.3) is 0 Å². The van der Waals surface area contributed by atoms with Crippen LogP contribution in [0.4, 0.5) is 0 Å². The lowest BCUT2D eigenvalue weighted by Gasteiger charge is -2.12. The lowest BCUT2D eigenvalue weighted by molar-refractivity contribution is 0.637. The minimum atomic E-state index is 0.989. The molecule has 0 unspecified atom stereocenters. The lowest BCUT2D eigenvalue weighted by atomic mass is 10.0. The van der Waals surface area contributed by atoms with Crippen LogP contribution in [0.2, 0.25) is 0 Å². The summed E-state index contributed by atoms with van der Waals surface area (Å²) in [5, 5.41) is 4.80. The lowest BCUT2D eigenvalue weighted by Crippen LogP contribution is -2.22. The zero-order valence-electron chi connectivity index (χ0n) is 11.1. The second-order valence-corrected chi connectivity index (χ2v) is 4.77. The van der Waals surface area contributed by atoms with E-state index in [1.54, 1.807) is 0 Å². The van der Waals surface area contributed by atoms with Gasteiger partial charge in [-0.05, 0) is 37.6 Å². The number of aromatic nitrogens is 1. The molecule has 2 nitrogen and oxygen atoms in total. The van der Waals surface area contributed by atoms with Crippen molar-refractivity contribution in [2.45, 2.75) is 40.2 Å². The molecule has 17 heavy (non-hydrogen) atoms. The molecule has 0 saturated carbocycles. The molecule has 0 spiro atoms. The number of hydrogen-bond acceptors (Lipinski definition) is 1. The van der Waals surface area contributed by atoms with Crippen molar-refractivity contribution in [3.05, 3.63) is 35.0 Å². The molecule has 0 bridgehead atoms. The molecule has 1 aromatic heterocycles. The number of aromatic amines is 1. The first-order valence-corrected chi connectivity index (χ1v) is 6.57. The highest BCUT2D eigenvalue weighted by atomic mass is 14.9. The number of fused-ring (bicyclic) bond motifs is 3. The van der Waals surface area contributed by atoms with Gasteiger partial charge in [0.05, 0.1) is 0 Å². The summed E-state index contributed by atoms with van der Waals surface area (Å²) in [6, 6.07) is 6.64. The maximum absolute atomic E-state index is 3.48. The summed E-state index contributed by atoms with van der Waals surface area (Å²) >= 11 is 0. The van der Waals surface area contributed by atoms with E-state index in [9.17, 15) is 0 Å². The highest BCUT2D eigenvalue weighted by Gasteiger charge is 2.14. The summed E-state index contributed by atoms with van der Waals surface area (Å²) in [5.41, 5.74) is 5.52. The Morgan fingerprint density at radius 1 is 1.24 bits per heavy atom. The summed E-state index contributed by atoms with van der Waals surface area (Å²) in [4.78, 5) is 3.48. The third kappa shape index (κ3) is 2.52. The van der Waals surface area contributed by atoms with Gasteiger partial charge >= 0.3 is 0 Å². The number of benzene rings is 1. The standard InChI is InChI=1S/C12H14N2.C3H8/c1-8-2-3-11-10(6-8)9-4-5-13-7-12(9)14-11;1-3-2/h2-3,6,13-14H,4-5,7H2,1H3;3H2,1-2H3. The molecule has 2 heteroatoms. The van der Waals surface area contributed by atoms with E-state index in [-0.39, 0.29) is 0 Å². The molecule has 0 radical (unpaired) electrons. The van der Waals surface area contributed by atoms with Gasteiger partial charge in [-0.3, -0.25) is 0 Å². The molecule has 1 aliphatic heterocycles. The predicted molar refractivity (Wildman–Crippen MR) is 74.4 cm³/mol. The number of nitrogens with one attached hydrogen (secondary N) is 2. The number of rotatable bonds is 0.